The summed E-state index contributed by atoms with van der Waals surface area (Å²) < 4.78 is 5.88. The van der Waals surface area contributed by atoms with Gasteiger partial charge in [0.15, 0.2) is 5.75 Å². The summed E-state index contributed by atoms with van der Waals surface area (Å²) in [5.41, 5.74) is 1.76. The van der Waals surface area contributed by atoms with Gasteiger partial charge in [-0.2, -0.15) is 0 Å². The van der Waals surface area contributed by atoms with Gasteiger partial charge in [-0.15, -0.1) is 0 Å². The Morgan fingerprint density at radius 2 is 1.76 bits per heavy atom. The highest BCUT2D eigenvalue weighted by atomic mass is 35.5. The number of para-hydroxylation sites is 1. The molecule has 1 heterocycles. The van der Waals surface area contributed by atoms with Crippen LogP contribution in [0.15, 0.2) is 72.8 Å². The summed E-state index contributed by atoms with van der Waals surface area (Å²) in [5.74, 6) is 0.978. The standard InChI is InChI=1S/C23H19ClN2O3/c24-17-10-13-21(29-19-5-2-1-3-6-19)20(15-17)25-23(28)16-8-11-18(12-9-16)26-14-4-7-22(26)27/h1-3,5-6,8-13,15H,4,7,14H2,(H,25,28). The molecule has 0 aliphatic carbocycles. The van der Waals surface area contributed by atoms with E-state index in [1.54, 1.807) is 47.4 Å². The first-order valence-electron chi connectivity index (χ1n) is 9.34. The van der Waals surface area contributed by atoms with Crippen LogP contribution in [-0.2, 0) is 4.79 Å². The van der Waals surface area contributed by atoms with Gasteiger partial charge in [-0.05, 0) is 61.0 Å². The molecule has 0 bridgehead atoms. The number of nitrogens with one attached hydrogen (secondary N) is 1. The van der Waals surface area contributed by atoms with E-state index in [1.807, 2.05) is 30.3 Å². The lowest BCUT2D eigenvalue weighted by Crippen LogP contribution is -2.23. The van der Waals surface area contributed by atoms with E-state index in [2.05, 4.69) is 5.32 Å². The van der Waals surface area contributed by atoms with E-state index in [0.717, 1.165) is 12.1 Å². The van der Waals surface area contributed by atoms with Gasteiger partial charge in [-0.25, -0.2) is 0 Å². The van der Waals surface area contributed by atoms with Gasteiger partial charge in [0.2, 0.25) is 5.91 Å². The van der Waals surface area contributed by atoms with Crippen LogP contribution in [0.4, 0.5) is 11.4 Å². The molecule has 6 heteroatoms. The van der Waals surface area contributed by atoms with E-state index in [-0.39, 0.29) is 11.8 Å². The summed E-state index contributed by atoms with van der Waals surface area (Å²) in [5, 5.41) is 3.35. The van der Waals surface area contributed by atoms with E-state index in [0.29, 0.717) is 40.7 Å². The molecule has 0 radical (unpaired) electrons. The third kappa shape index (κ3) is 4.41. The fourth-order valence-corrected chi connectivity index (χ4v) is 3.38. The summed E-state index contributed by atoms with van der Waals surface area (Å²) in [6, 6.07) is 21.4. The zero-order valence-electron chi connectivity index (χ0n) is 15.6. The van der Waals surface area contributed by atoms with Crippen LogP contribution in [0.3, 0.4) is 0 Å². The average Bonchev–Trinajstić information content (AvgIpc) is 3.17. The fraction of sp³-hybridized carbons (Fsp3) is 0.130. The highest BCUT2D eigenvalue weighted by Gasteiger charge is 2.21. The molecule has 1 saturated heterocycles. The number of anilines is 2. The van der Waals surface area contributed by atoms with Crippen LogP contribution in [0.1, 0.15) is 23.2 Å². The lowest BCUT2D eigenvalue weighted by Gasteiger charge is -2.16. The molecule has 3 aromatic carbocycles. The molecule has 5 nitrogen and oxygen atoms in total. The molecule has 4 rings (SSSR count). The van der Waals surface area contributed by atoms with Crippen molar-refractivity contribution in [3.05, 3.63) is 83.4 Å². The number of carbonyl (C=O) groups excluding carboxylic acids is 2. The molecule has 146 valence electrons. The van der Waals surface area contributed by atoms with Crippen LogP contribution < -0.4 is 15.0 Å². The van der Waals surface area contributed by atoms with Crippen molar-refractivity contribution in [2.24, 2.45) is 0 Å². The number of hydrogen-bond acceptors (Lipinski definition) is 3. The quantitative estimate of drug-likeness (QED) is 0.607. The number of ether oxygens (including phenoxy) is 1. The molecule has 0 atom stereocenters. The van der Waals surface area contributed by atoms with Crippen molar-refractivity contribution in [1.82, 2.24) is 0 Å². The van der Waals surface area contributed by atoms with Crippen molar-refractivity contribution in [3.8, 4) is 11.5 Å². The normalized spacial score (nSPS) is 13.4. The second-order valence-electron chi connectivity index (χ2n) is 6.71. The first-order chi connectivity index (χ1) is 14.1. The minimum absolute atomic E-state index is 0.115. The lowest BCUT2D eigenvalue weighted by atomic mass is 10.1. The van der Waals surface area contributed by atoms with Gasteiger partial charge in [0.25, 0.3) is 5.91 Å². The van der Waals surface area contributed by atoms with Crippen LogP contribution >= 0.6 is 11.6 Å². The molecule has 29 heavy (non-hydrogen) atoms. The number of benzene rings is 3. The molecule has 1 N–H and O–H groups in total. The number of nitrogens with zero attached hydrogens (tertiary/aromatic N) is 1. The maximum absolute atomic E-state index is 12.7. The Bertz CT molecular complexity index is 1040. The van der Waals surface area contributed by atoms with Crippen molar-refractivity contribution < 1.29 is 14.3 Å². The first-order valence-corrected chi connectivity index (χ1v) is 9.72. The van der Waals surface area contributed by atoms with Gasteiger partial charge in [-0.3, -0.25) is 9.59 Å². The van der Waals surface area contributed by atoms with Gasteiger partial charge in [0.1, 0.15) is 5.75 Å². The molecular weight excluding hydrogens is 388 g/mol. The molecule has 0 aromatic heterocycles. The third-order valence-corrected chi connectivity index (χ3v) is 4.91. The molecule has 2 amide bonds. The van der Waals surface area contributed by atoms with Crippen molar-refractivity contribution in [1.29, 1.82) is 0 Å². The molecular formula is C23H19ClN2O3. The van der Waals surface area contributed by atoms with Crippen molar-refractivity contribution in [2.45, 2.75) is 12.8 Å². The second kappa shape index (κ2) is 8.37. The van der Waals surface area contributed by atoms with E-state index < -0.39 is 0 Å². The minimum atomic E-state index is -0.288. The Morgan fingerprint density at radius 1 is 1.00 bits per heavy atom. The van der Waals surface area contributed by atoms with Crippen LogP contribution in [0.25, 0.3) is 0 Å². The molecule has 0 spiro atoms. The van der Waals surface area contributed by atoms with Crippen molar-refractivity contribution in [3.63, 3.8) is 0 Å². The first kappa shape index (κ1) is 19.0. The van der Waals surface area contributed by atoms with Crippen LogP contribution in [0, 0.1) is 0 Å². The minimum Gasteiger partial charge on any atom is -0.455 e. The summed E-state index contributed by atoms with van der Waals surface area (Å²) in [7, 11) is 0. The van der Waals surface area contributed by atoms with E-state index >= 15 is 0 Å². The maximum Gasteiger partial charge on any atom is 0.255 e. The number of hydrogen-bond donors (Lipinski definition) is 1. The molecule has 0 saturated carbocycles. The highest BCUT2D eigenvalue weighted by molar-refractivity contribution is 6.31. The monoisotopic (exact) mass is 406 g/mol. The van der Waals surface area contributed by atoms with Gasteiger partial charge >= 0.3 is 0 Å². The lowest BCUT2D eigenvalue weighted by molar-refractivity contribution is -0.117. The van der Waals surface area contributed by atoms with Gasteiger partial charge < -0.3 is 15.0 Å². The number of rotatable bonds is 5. The van der Waals surface area contributed by atoms with E-state index in [4.69, 9.17) is 16.3 Å². The van der Waals surface area contributed by atoms with Crippen LogP contribution in [0.2, 0.25) is 5.02 Å². The van der Waals surface area contributed by atoms with E-state index in [9.17, 15) is 9.59 Å². The smallest absolute Gasteiger partial charge is 0.255 e. The number of amides is 2. The Labute approximate surface area is 173 Å². The maximum atomic E-state index is 12.7. The molecule has 1 fully saturated rings. The largest absolute Gasteiger partial charge is 0.455 e. The Morgan fingerprint density at radius 3 is 2.45 bits per heavy atom. The SMILES string of the molecule is O=C(Nc1cc(Cl)ccc1Oc1ccccc1)c1ccc(N2CCCC2=O)cc1. The molecule has 3 aromatic rings. The summed E-state index contributed by atoms with van der Waals surface area (Å²) in [4.78, 5) is 26.4. The predicted octanol–water partition coefficient (Wildman–Crippen LogP) is 5.51. The van der Waals surface area contributed by atoms with Gasteiger partial charge in [0.05, 0.1) is 5.69 Å². The summed E-state index contributed by atoms with van der Waals surface area (Å²) >= 11 is 6.11. The van der Waals surface area contributed by atoms with Crippen LogP contribution in [-0.4, -0.2) is 18.4 Å². The number of carbonyl (C=O) groups is 2. The second-order valence-corrected chi connectivity index (χ2v) is 7.14. The average molecular weight is 407 g/mol. The zero-order chi connectivity index (χ0) is 20.2. The third-order valence-electron chi connectivity index (χ3n) is 4.68. The molecule has 0 unspecified atom stereocenters. The summed E-state index contributed by atoms with van der Waals surface area (Å²) in [6.45, 7) is 0.715. The van der Waals surface area contributed by atoms with Crippen molar-refractivity contribution >= 4 is 34.8 Å². The highest BCUT2D eigenvalue weighted by Crippen LogP contribution is 2.32. The van der Waals surface area contributed by atoms with Gasteiger partial charge in [-0.1, -0.05) is 29.8 Å². The fourth-order valence-electron chi connectivity index (χ4n) is 3.21. The van der Waals surface area contributed by atoms with Crippen LogP contribution in [0.5, 0.6) is 11.5 Å². The van der Waals surface area contributed by atoms with E-state index in [1.165, 1.54) is 0 Å². The Hall–Kier alpha value is -3.31. The Kier molecular flexibility index (Phi) is 5.49. The topological polar surface area (TPSA) is 58.6 Å². The Balaban J connectivity index is 1.52. The van der Waals surface area contributed by atoms with Gasteiger partial charge in [0, 0.05) is 29.2 Å². The molecule has 1 aliphatic heterocycles. The predicted molar refractivity (Wildman–Crippen MR) is 114 cm³/mol. The zero-order valence-corrected chi connectivity index (χ0v) is 16.4. The number of halogens is 1. The summed E-state index contributed by atoms with van der Waals surface area (Å²) in [6.07, 6.45) is 1.43. The van der Waals surface area contributed by atoms with Crippen molar-refractivity contribution in [2.75, 3.05) is 16.8 Å². The molecule has 1 aliphatic rings.